The van der Waals surface area contributed by atoms with Gasteiger partial charge in [0.1, 0.15) is 24.4 Å². The van der Waals surface area contributed by atoms with Crippen molar-refractivity contribution in [2.45, 2.75) is 116 Å². The fourth-order valence-electron chi connectivity index (χ4n) is 9.86. The Labute approximate surface area is 324 Å². The molecule has 14 nitrogen and oxygen atoms in total. The lowest BCUT2D eigenvalue weighted by molar-refractivity contribution is -0.352. The summed E-state index contributed by atoms with van der Waals surface area (Å²) >= 11 is 0. The second-order valence-corrected chi connectivity index (χ2v) is 15.9. The number of hydrogen-bond donors (Lipinski definition) is 1. The molecule has 1 aliphatic heterocycles. The Kier molecular flexibility index (Phi) is 10.7. The molecule has 0 aromatic heterocycles. The van der Waals surface area contributed by atoms with Crippen LogP contribution in [-0.2, 0) is 52.3 Å². The predicted molar refractivity (Wildman–Crippen MR) is 194 cm³/mol. The standard InChI is InChI=1S/C42H48O14/c1-22-29(51-23(2)43)20-41(39(6,7)49)32(22)33(54-37(47)27-15-11-9-12-16-27)35(53-25(4)45)40(8)30(52-24(3)44)19-31-42(21-50-31,56-26(5)46)34(40)36(41)55-38(48)28-17-13-10-14-18-28/h9-18,29-31,33-36,49H,19-21H2,1-8H3/t29-,30-,31+,33+,34?,35-,36-,40+,41-,42-/m0/s1. The lowest BCUT2D eigenvalue weighted by Crippen LogP contribution is -2.79. The summed E-state index contributed by atoms with van der Waals surface area (Å²) in [5.74, 6) is -5.89. The van der Waals surface area contributed by atoms with Crippen molar-refractivity contribution >= 4 is 35.8 Å². The van der Waals surface area contributed by atoms with Gasteiger partial charge in [0.05, 0.1) is 40.1 Å². The quantitative estimate of drug-likeness (QED) is 0.214. The highest BCUT2D eigenvalue weighted by Crippen LogP contribution is 2.69. The van der Waals surface area contributed by atoms with E-state index in [-0.39, 0.29) is 36.1 Å². The minimum Gasteiger partial charge on any atom is -0.462 e. The summed E-state index contributed by atoms with van der Waals surface area (Å²) in [4.78, 5) is 81.0. The summed E-state index contributed by atoms with van der Waals surface area (Å²) in [6, 6.07) is 16.1. The van der Waals surface area contributed by atoms with Crippen LogP contribution in [0.15, 0.2) is 71.8 Å². The average molecular weight is 777 g/mol. The van der Waals surface area contributed by atoms with Gasteiger partial charge in [-0.15, -0.1) is 0 Å². The van der Waals surface area contributed by atoms with E-state index >= 15 is 0 Å². The van der Waals surface area contributed by atoms with E-state index in [1.165, 1.54) is 46.8 Å². The highest BCUT2D eigenvalue weighted by Gasteiger charge is 2.81. The van der Waals surface area contributed by atoms with Gasteiger partial charge in [-0.3, -0.25) is 19.2 Å². The van der Waals surface area contributed by atoms with Crippen LogP contribution in [-0.4, -0.2) is 95.4 Å². The number of aliphatic hydroxyl groups is 1. The first-order chi connectivity index (χ1) is 26.3. The van der Waals surface area contributed by atoms with Crippen molar-refractivity contribution in [2.75, 3.05) is 6.61 Å². The van der Waals surface area contributed by atoms with E-state index in [0.29, 0.717) is 5.57 Å². The van der Waals surface area contributed by atoms with Gasteiger partial charge in [0.15, 0.2) is 17.8 Å². The molecule has 0 radical (unpaired) electrons. The third-order valence-electron chi connectivity index (χ3n) is 12.1. The normalized spacial score (nSPS) is 33.2. The first-order valence-corrected chi connectivity index (χ1v) is 18.6. The molecule has 3 fully saturated rings. The molecule has 56 heavy (non-hydrogen) atoms. The van der Waals surface area contributed by atoms with E-state index in [1.54, 1.807) is 62.4 Å². The first-order valence-electron chi connectivity index (χ1n) is 18.6. The van der Waals surface area contributed by atoms with E-state index in [9.17, 15) is 33.9 Å². The summed E-state index contributed by atoms with van der Waals surface area (Å²) in [5, 5.41) is 12.8. The highest BCUT2D eigenvalue weighted by molar-refractivity contribution is 5.90. The molecule has 6 rings (SSSR count). The molecular weight excluding hydrogens is 728 g/mol. The molecule has 2 aromatic carbocycles. The third kappa shape index (κ3) is 6.66. The fourth-order valence-corrected chi connectivity index (χ4v) is 9.86. The number of fused-ring (bicyclic) bond motifs is 4. The number of ether oxygens (including phenoxy) is 7. The first kappa shape index (κ1) is 40.6. The Morgan fingerprint density at radius 1 is 0.732 bits per heavy atom. The maximum atomic E-state index is 14.5. The average Bonchev–Trinajstić information content (AvgIpc) is 3.37. The molecule has 0 bridgehead atoms. The number of rotatable bonds is 9. The fraction of sp³-hybridized carbons (Fsp3) is 0.524. The van der Waals surface area contributed by atoms with Gasteiger partial charge in [0.2, 0.25) is 0 Å². The van der Waals surface area contributed by atoms with Crippen LogP contribution in [0.5, 0.6) is 0 Å². The van der Waals surface area contributed by atoms with Crippen LogP contribution in [0.3, 0.4) is 0 Å². The van der Waals surface area contributed by atoms with Gasteiger partial charge >= 0.3 is 35.8 Å². The highest BCUT2D eigenvalue weighted by atomic mass is 16.6. The Morgan fingerprint density at radius 3 is 1.73 bits per heavy atom. The third-order valence-corrected chi connectivity index (χ3v) is 12.1. The SMILES string of the molecule is CC(=O)O[C@H]1C[C@]2(C(C)(C)O)C(=C1C)[C@@H](OC(=O)c1ccccc1)[C@H](OC(C)=O)[C@@]1(C)C([C@@H]2OC(=O)c2ccccc2)[C@]2(OC(C)=O)CO[C@@H]2C[C@@H]1OC(C)=O. The van der Waals surface area contributed by atoms with Gasteiger partial charge in [-0.25, -0.2) is 9.59 Å². The molecule has 0 spiro atoms. The Morgan fingerprint density at radius 2 is 1.27 bits per heavy atom. The molecular formula is C42H48O14. The van der Waals surface area contributed by atoms with Crippen LogP contribution in [0.25, 0.3) is 0 Å². The summed E-state index contributed by atoms with van der Waals surface area (Å²) < 4.78 is 43.8. The maximum Gasteiger partial charge on any atom is 0.338 e. The zero-order valence-electron chi connectivity index (χ0n) is 32.7. The lowest BCUT2D eigenvalue weighted by atomic mass is 9.49. The molecule has 1 heterocycles. The minimum atomic E-state index is -1.94. The lowest BCUT2D eigenvalue weighted by Gasteiger charge is -2.65. The monoisotopic (exact) mass is 776 g/mol. The van der Waals surface area contributed by atoms with Gasteiger partial charge in [-0.05, 0) is 56.2 Å². The van der Waals surface area contributed by atoms with Crippen molar-refractivity contribution in [2.24, 2.45) is 16.7 Å². The molecule has 4 aliphatic rings. The number of carbonyl (C=O) groups is 6. The smallest absolute Gasteiger partial charge is 0.338 e. The molecule has 0 amide bonds. The molecule has 1 saturated heterocycles. The van der Waals surface area contributed by atoms with E-state index in [0.717, 1.165) is 6.92 Å². The summed E-state index contributed by atoms with van der Waals surface area (Å²) in [5.41, 5.74) is -6.40. The number of esters is 6. The van der Waals surface area contributed by atoms with Crippen LogP contribution in [0, 0.1) is 16.7 Å². The van der Waals surface area contributed by atoms with Gasteiger partial charge in [-0.2, -0.15) is 0 Å². The van der Waals surface area contributed by atoms with E-state index in [4.69, 9.17) is 33.2 Å². The molecule has 3 aliphatic carbocycles. The largest absolute Gasteiger partial charge is 0.462 e. The Bertz CT molecular complexity index is 1930. The zero-order chi connectivity index (χ0) is 41.0. The van der Waals surface area contributed by atoms with E-state index < -0.39 is 100 Å². The molecule has 10 atom stereocenters. The Hall–Kier alpha value is -5.08. The number of benzene rings is 2. The number of hydrogen-bond acceptors (Lipinski definition) is 14. The molecule has 1 N–H and O–H groups in total. The molecule has 14 heteroatoms. The van der Waals surface area contributed by atoms with E-state index in [2.05, 4.69) is 0 Å². The van der Waals surface area contributed by atoms with Gasteiger partial charge in [0, 0.05) is 40.5 Å². The van der Waals surface area contributed by atoms with Crippen molar-refractivity contribution in [1.82, 2.24) is 0 Å². The maximum absolute atomic E-state index is 14.5. The molecule has 2 aromatic rings. The predicted octanol–water partition coefficient (Wildman–Crippen LogP) is 4.45. The minimum absolute atomic E-state index is 0.0695. The van der Waals surface area contributed by atoms with Crippen molar-refractivity contribution < 1.29 is 67.0 Å². The van der Waals surface area contributed by atoms with E-state index in [1.807, 2.05) is 0 Å². The molecule has 300 valence electrons. The van der Waals surface area contributed by atoms with Crippen LogP contribution in [0.2, 0.25) is 0 Å². The van der Waals surface area contributed by atoms with Gasteiger partial charge < -0.3 is 38.3 Å². The topological polar surface area (TPSA) is 187 Å². The zero-order valence-corrected chi connectivity index (χ0v) is 32.7. The summed E-state index contributed by atoms with van der Waals surface area (Å²) in [6.45, 7) is 10.8. The van der Waals surface area contributed by atoms with Crippen LogP contribution in [0.4, 0.5) is 0 Å². The van der Waals surface area contributed by atoms with Crippen LogP contribution < -0.4 is 0 Å². The Balaban J connectivity index is 1.77. The summed E-state index contributed by atoms with van der Waals surface area (Å²) in [6.07, 6.45) is -8.24. The molecule has 1 unspecified atom stereocenters. The number of carbonyl (C=O) groups excluding carboxylic acids is 6. The van der Waals surface area contributed by atoms with Crippen molar-refractivity contribution in [1.29, 1.82) is 0 Å². The van der Waals surface area contributed by atoms with Crippen molar-refractivity contribution in [3.05, 3.63) is 82.9 Å². The summed E-state index contributed by atoms with van der Waals surface area (Å²) in [7, 11) is 0. The second-order valence-electron chi connectivity index (χ2n) is 15.9. The van der Waals surface area contributed by atoms with Crippen LogP contribution >= 0.6 is 0 Å². The van der Waals surface area contributed by atoms with Crippen molar-refractivity contribution in [3.8, 4) is 0 Å². The van der Waals surface area contributed by atoms with Gasteiger partial charge in [0.25, 0.3) is 0 Å². The molecule has 2 saturated carbocycles. The van der Waals surface area contributed by atoms with Crippen molar-refractivity contribution in [3.63, 3.8) is 0 Å². The van der Waals surface area contributed by atoms with Gasteiger partial charge in [-0.1, -0.05) is 43.3 Å². The second kappa shape index (κ2) is 14.8. The van der Waals surface area contributed by atoms with Crippen LogP contribution in [0.1, 0.15) is 88.9 Å².